The number of anilines is 1. The number of methoxy groups -OCH3 is 1. The molecule has 0 saturated heterocycles. The van der Waals surface area contributed by atoms with Gasteiger partial charge in [0, 0.05) is 25.6 Å². The molecule has 116 valence electrons. The van der Waals surface area contributed by atoms with E-state index < -0.39 is 5.97 Å². The second-order valence-corrected chi connectivity index (χ2v) is 6.37. The molecule has 1 aliphatic rings. The Bertz CT molecular complexity index is 540. The number of aromatic nitrogens is 1. The molecule has 21 heavy (non-hydrogen) atoms. The minimum atomic E-state index is -0.576. The Kier molecular flexibility index (Phi) is 4.95. The fourth-order valence-electron chi connectivity index (χ4n) is 2.09. The number of likely N-dealkylation sites (N-methyl/N-ethyl adjacent to an activating group) is 1. The van der Waals surface area contributed by atoms with Crippen LogP contribution in [0.3, 0.4) is 0 Å². The quantitative estimate of drug-likeness (QED) is 0.613. The minimum absolute atomic E-state index is 0.0979. The van der Waals surface area contributed by atoms with Gasteiger partial charge in [-0.25, -0.2) is 9.78 Å². The molecule has 0 radical (unpaired) electrons. The molecule has 0 aliphatic heterocycles. The summed E-state index contributed by atoms with van der Waals surface area (Å²) in [6, 6.07) is 1.06. The van der Waals surface area contributed by atoms with Crippen LogP contribution in [0.1, 0.15) is 46.8 Å². The van der Waals surface area contributed by atoms with Gasteiger partial charge in [0.25, 0.3) is 0 Å². The Hall–Kier alpha value is -1.47. The van der Waals surface area contributed by atoms with Crippen molar-refractivity contribution in [3.63, 3.8) is 0 Å². The predicted molar refractivity (Wildman–Crippen MR) is 82.2 cm³/mol. The van der Waals surface area contributed by atoms with Gasteiger partial charge < -0.3 is 10.1 Å². The van der Waals surface area contributed by atoms with Crippen LogP contribution in [0.5, 0.6) is 0 Å². The molecule has 1 atom stereocenters. The molecule has 6 nitrogen and oxygen atoms in total. The molecular weight excluding hydrogens is 290 g/mol. The van der Waals surface area contributed by atoms with E-state index in [0.717, 1.165) is 6.54 Å². The smallest absolute Gasteiger partial charge is 0.358 e. The number of esters is 1. The lowest BCUT2D eigenvalue weighted by molar-refractivity contribution is 0.0591. The van der Waals surface area contributed by atoms with Crippen LogP contribution in [0.2, 0.25) is 0 Å². The Morgan fingerprint density at radius 2 is 2.19 bits per heavy atom. The number of ether oxygens (including phenoxy) is 1. The van der Waals surface area contributed by atoms with E-state index in [1.165, 1.54) is 38.2 Å². The Labute approximate surface area is 128 Å². The third-order valence-electron chi connectivity index (χ3n) is 3.69. The van der Waals surface area contributed by atoms with Crippen LogP contribution in [0.25, 0.3) is 0 Å². The molecule has 1 heterocycles. The zero-order chi connectivity index (χ0) is 15.6. The van der Waals surface area contributed by atoms with Crippen molar-refractivity contribution in [3.05, 3.63) is 10.6 Å². The van der Waals surface area contributed by atoms with Crippen molar-refractivity contribution in [2.24, 2.45) is 0 Å². The van der Waals surface area contributed by atoms with Crippen molar-refractivity contribution in [1.29, 1.82) is 0 Å². The Morgan fingerprint density at radius 3 is 2.71 bits per heavy atom. The van der Waals surface area contributed by atoms with Crippen LogP contribution in [-0.4, -0.2) is 54.4 Å². The van der Waals surface area contributed by atoms with Crippen LogP contribution in [0.15, 0.2) is 0 Å². The maximum absolute atomic E-state index is 11.6. The topological polar surface area (TPSA) is 71.5 Å². The number of hydrogen-bond acceptors (Lipinski definition) is 7. The number of rotatable bonds is 7. The van der Waals surface area contributed by atoms with Gasteiger partial charge >= 0.3 is 5.97 Å². The zero-order valence-electron chi connectivity index (χ0n) is 12.8. The highest BCUT2D eigenvalue weighted by Gasteiger charge is 2.29. The van der Waals surface area contributed by atoms with Gasteiger partial charge in [-0.3, -0.25) is 9.69 Å². The second kappa shape index (κ2) is 6.53. The molecule has 1 fully saturated rings. The number of Topliss-reactive ketones (excluding diaryl/α,β-unsaturated/α-hetero) is 1. The maximum Gasteiger partial charge on any atom is 0.358 e. The molecule has 1 aromatic rings. The van der Waals surface area contributed by atoms with Gasteiger partial charge in [0.15, 0.2) is 16.6 Å². The third-order valence-corrected chi connectivity index (χ3v) is 4.81. The number of nitrogens with zero attached hydrogens (tertiary/aromatic N) is 2. The van der Waals surface area contributed by atoms with E-state index in [2.05, 4.69) is 33.9 Å². The first-order valence-electron chi connectivity index (χ1n) is 7.00. The van der Waals surface area contributed by atoms with E-state index in [1.807, 2.05) is 0 Å². The molecule has 7 heteroatoms. The van der Waals surface area contributed by atoms with Gasteiger partial charge in [-0.1, -0.05) is 11.3 Å². The lowest BCUT2D eigenvalue weighted by atomic mass is 10.3. The summed E-state index contributed by atoms with van der Waals surface area (Å²) in [6.07, 6.45) is 2.53. The minimum Gasteiger partial charge on any atom is -0.464 e. The van der Waals surface area contributed by atoms with Crippen molar-refractivity contribution in [1.82, 2.24) is 9.88 Å². The van der Waals surface area contributed by atoms with Crippen LogP contribution in [-0.2, 0) is 4.74 Å². The molecule has 0 amide bonds. The number of ketones is 1. The summed E-state index contributed by atoms with van der Waals surface area (Å²) in [4.78, 5) is 30.1. The average molecular weight is 311 g/mol. The SMILES string of the molecule is COC(=O)c1nc(NCC(C)N(C)C2CC2)sc1C(C)=O. The van der Waals surface area contributed by atoms with E-state index in [4.69, 9.17) is 0 Å². The van der Waals surface area contributed by atoms with Crippen molar-refractivity contribution in [3.8, 4) is 0 Å². The van der Waals surface area contributed by atoms with E-state index in [0.29, 0.717) is 22.1 Å². The highest BCUT2D eigenvalue weighted by atomic mass is 32.1. The maximum atomic E-state index is 11.6. The summed E-state index contributed by atoms with van der Waals surface area (Å²) in [6.45, 7) is 4.29. The summed E-state index contributed by atoms with van der Waals surface area (Å²) in [5.74, 6) is -0.753. The van der Waals surface area contributed by atoms with E-state index in [1.54, 1.807) is 0 Å². The van der Waals surface area contributed by atoms with Crippen LogP contribution in [0, 0.1) is 0 Å². The van der Waals surface area contributed by atoms with Gasteiger partial charge in [-0.2, -0.15) is 0 Å². The lowest BCUT2D eigenvalue weighted by Crippen LogP contribution is -2.36. The van der Waals surface area contributed by atoms with E-state index >= 15 is 0 Å². The standard InChI is InChI=1S/C14H21N3O3S/c1-8(17(3)10-5-6-10)7-15-14-16-11(13(19)20-4)12(21-14)9(2)18/h8,10H,5-7H2,1-4H3,(H,15,16). The average Bonchev–Trinajstić information content (AvgIpc) is 3.22. The molecule has 2 rings (SSSR count). The van der Waals surface area contributed by atoms with Crippen molar-refractivity contribution in [2.45, 2.75) is 38.8 Å². The van der Waals surface area contributed by atoms with Crippen LogP contribution in [0.4, 0.5) is 5.13 Å². The second-order valence-electron chi connectivity index (χ2n) is 5.37. The Morgan fingerprint density at radius 1 is 1.52 bits per heavy atom. The van der Waals surface area contributed by atoms with Gasteiger partial charge in [0.05, 0.1) is 7.11 Å². The molecule has 1 aromatic heterocycles. The van der Waals surface area contributed by atoms with Crippen LogP contribution < -0.4 is 5.32 Å². The molecule has 1 N–H and O–H groups in total. The highest BCUT2D eigenvalue weighted by Crippen LogP contribution is 2.28. The fourth-order valence-corrected chi connectivity index (χ4v) is 2.95. The predicted octanol–water partition coefficient (Wildman–Crippen LogP) is 2.03. The summed E-state index contributed by atoms with van der Waals surface area (Å²) < 4.78 is 4.66. The van der Waals surface area contributed by atoms with E-state index in [9.17, 15) is 9.59 Å². The monoisotopic (exact) mass is 311 g/mol. The van der Waals surface area contributed by atoms with Crippen molar-refractivity contribution in [2.75, 3.05) is 26.0 Å². The fraction of sp³-hybridized carbons (Fsp3) is 0.643. The van der Waals surface area contributed by atoms with Gasteiger partial charge in [0.1, 0.15) is 4.88 Å². The Balaban J connectivity index is 2.02. The highest BCUT2D eigenvalue weighted by molar-refractivity contribution is 7.17. The number of carbonyl (C=O) groups excluding carboxylic acids is 2. The molecule has 1 unspecified atom stereocenters. The molecule has 0 spiro atoms. The number of carbonyl (C=O) groups is 2. The van der Waals surface area contributed by atoms with Crippen molar-refractivity contribution >= 4 is 28.2 Å². The summed E-state index contributed by atoms with van der Waals surface area (Å²) in [5, 5.41) is 3.79. The van der Waals surface area contributed by atoms with Crippen molar-refractivity contribution < 1.29 is 14.3 Å². The molecule has 0 aromatic carbocycles. The molecular formula is C14H21N3O3S. The zero-order valence-corrected chi connectivity index (χ0v) is 13.6. The summed E-state index contributed by atoms with van der Waals surface area (Å²) in [7, 11) is 3.40. The molecule has 1 aliphatic carbocycles. The molecule has 1 saturated carbocycles. The summed E-state index contributed by atoms with van der Waals surface area (Å²) >= 11 is 1.20. The number of thiazole rings is 1. The first kappa shape index (κ1) is 15.9. The third kappa shape index (κ3) is 3.79. The van der Waals surface area contributed by atoms with Crippen LogP contribution >= 0.6 is 11.3 Å². The lowest BCUT2D eigenvalue weighted by Gasteiger charge is -2.24. The summed E-state index contributed by atoms with van der Waals surface area (Å²) in [5.41, 5.74) is 0.0979. The first-order valence-corrected chi connectivity index (χ1v) is 7.81. The molecule has 0 bridgehead atoms. The largest absolute Gasteiger partial charge is 0.464 e. The number of hydrogen-bond donors (Lipinski definition) is 1. The first-order chi connectivity index (χ1) is 9.93. The number of nitrogens with one attached hydrogen (secondary N) is 1. The normalized spacial score (nSPS) is 15.9. The van der Waals surface area contributed by atoms with Gasteiger partial charge in [-0.15, -0.1) is 0 Å². The van der Waals surface area contributed by atoms with Gasteiger partial charge in [0.2, 0.25) is 0 Å². The van der Waals surface area contributed by atoms with Gasteiger partial charge in [-0.05, 0) is 26.8 Å². The van der Waals surface area contributed by atoms with E-state index in [-0.39, 0.29) is 11.5 Å².